The molecule has 0 spiro atoms. The largest absolute Gasteiger partial charge is 0.370 e. The van der Waals surface area contributed by atoms with E-state index in [-0.39, 0.29) is 0 Å². The number of hydrogen-bond donors (Lipinski definition) is 3. The normalized spacial score (nSPS) is 11.2. The van der Waals surface area contributed by atoms with Gasteiger partial charge in [0.2, 0.25) is 5.95 Å². The summed E-state index contributed by atoms with van der Waals surface area (Å²) in [5.41, 5.74) is 2.48. The van der Waals surface area contributed by atoms with Crippen LogP contribution in [0.3, 0.4) is 0 Å². The second-order valence-electron chi connectivity index (χ2n) is 6.39. The molecule has 6 heteroatoms. The fourth-order valence-electron chi connectivity index (χ4n) is 2.80. The maximum absolute atomic E-state index is 4.52. The first kappa shape index (κ1) is 17.2. The van der Waals surface area contributed by atoms with Gasteiger partial charge in [0.15, 0.2) is 0 Å². The molecule has 0 fully saturated rings. The van der Waals surface area contributed by atoms with Crippen molar-refractivity contribution in [1.29, 1.82) is 0 Å². The van der Waals surface area contributed by atoms with Crippen molar-refractivity contribution in [2.75, 3.05) is 44.4 Å². The number of aromatic amines is 1. The Hall–Kier alpha value is -2.60. The van der Waals surface area contributed by atoms with Gasteiger partial charge >= 0.3 is 0 Å². The highest BCUT2D eigenvalue weighted by Crippen LogP contribution is 2.18. The Morgan fingerprint density at radius 3 is 2.84 bits per heavy atom. The van der Waals surface area contributed by atoms with Gasteiger partial charge in [0.05, 0.1) is 0 Å². The number of para-hydroxylation sites is 1. The fourth-order valence-corrected chi connectivity index (χ4v) is 2.80. The molecule has 0 atom stereocenters. The number of hydrogen-bond acceptors (Lipinski definition) is 5. The predicted molar refractivity (Wildman–Crippen MR) is 104 cm³/mol. The third kappa shape index (κ3) is 4.93. The lowest BCUT2D eigenvalue weighted by Gasteiger charge is -2.11. The van der Waals surface area contributed by atoms with E-state index < -0.39 is 0 Å². The standard InChI is InChI=1S/C19H26N6/c1-25(2)13-5-10-20-18-9-12-22-19(24-18)21-11-8-15-14-23-17-7-4-3-6-16(15)17/h3-4,6-7,9,12,14,23H,5,8,10-11,13H2,1-2H3,(H2,20,21,22,24). The van der Waals surface area contributed by atoms with Crippen molar-refractivity contribution in [2.24, 2.45) is 0 Å². The van der Waals surface area contributed by atoms with Gasteiger partial charge in [-0.1, -0.05) is 18.2 Å². The Morgan fingerprint density at radius 1 is 1.08 bits per heavy atom. The van der Waals surface area contributed by atoms with Crippen LogP contribution in [0.15, 0.2) is 42.7 Å². The van der Waals surface area contributed by atoms with E-state index in [1.165, 1.54) is 16.5 Å². The molecule has 0 amide bonds. The summed E-state index contributed by atoms with van der Waals surface area (Å²) in [6.45, 7) is 2.77. The molecule has 0 aliphatic rings. The van der Waals surface area contributed by atoms with Gasteiger partial charge in [-0.05, 0) is 51.2 Å². The van der Waals surface area contributed by atoms with Crippen LogP contribution in [0.25, 0.3) is 10.9 Å². The minimum Gasteiger partial charge on any atom is -0.370 e. The van der Waals surface area contributed by atoms with E-state index in [0.29, 0.717) is 5.95 Å². The molecular weight excluding hydrogens is 312 g/mol. The van der Waals surface area contributed by atoms with E-state index in [9.17, 15) is 0 Å². The highest BCUT2D eigenvalue weighted by molar-refractivity contribution is 5.83. The van der Waals surface area contributed by atoms with Crippen LogP contribution in [0.1, 0.15) is 12.0 Å². The van der Waals surface area contributed by atoms with Crippen molar-refractivity contribution in [3.05, 3.63) is 48.3 Å². The number of H-pyrrole nitrogens is 1. The lowest BCUT2D eigenvalue weighted by Crippen LogP contribution is -2.17. The van der Waals surface area contributed by atoms with Crippen LogP contribution in [0.5, 0.6) is 0 Å². The van der Waals surface area contributed by atoms with Crippen molar-refractivity contribution in [3.8, 4) is 0 Å². The summed E-state index contributed by atoms with van der Waals surface area (Å²) in [6.07, 6.45) is 5.87. The van der Waals surface area contributed by atoms with E-state index in [1.54, 1.807) is 6.20 Å². The average Bonchev–Trinajstić information content (AvgIpc) is 3.02. The second kappa shape index (κ2) is 8.48. The third-order valence-corrected chi connectivity index (χ3v) is 4.10. The fraction of sp³-hybridized carbons (Fsp3) is 0.368. The summed E-state index contributed by atoms with van der Waals surface area (Å²) in [5, 5.41) is 7.94. The second-order valence-corrected chi connectivity index (χ2v) is 6.39. The molecule has 3 rings (SSSR count). The first-order valence-electron chi connectivity index (χ1n) is 8.73. The summed E-state index contributed by atoms with van der Waals surface area (Å²) < 4.78 is 0. The average molecular weight is 338 g/mol. The smallest absolute Gasteiger partial charge is 0.224 e. The van der Waals surface area contributed by atoms with Gasteiger partial charge in [-0.3, -0.25) is 0 Å². The highest BCUT2D eigenvalue weighted by Gasteiger charge is 2.03. The predicted octanol–water partition coefficient (Wildman–Crippen LogP) is 2.98. The van der Waals surface area contributed by atoms with Gasteiger partial charge in [0, 0.05) is 36.4 Å². The first-order valence-corrected chi connectivity index (χ1v) is 8.73. The molecule has 1 aromatic carbocycles. The number of benzene rings is 1. The van der Waals surface area contributed by atoms with Gasteiger partial charge in [-0.15, -0.1) is 0 Å². The molecule has 0 unspecified atom stereocenters. The molecule has 2 aromatic heterocycles. The van der Waals surface area contributed by atoms with Crippen LogP contribution in [0.4, 0.5) is 11.8 Å². The Labute approximate surface area is 148 Å². The SMILES string of the molecule is CN(C)CCCNc1ccnc(NCCc2c[nH]c3ccccc23)n1. The topological polar surface area (TPSA) is 68.9 Å². The monoisotopic (exact) mass is 338 g/mol. The van der Waals surface area contributed by atoms with Crippen molar-refractivity contribution in [1.82, 2.24) is 19.9 Å². The zero-order valence-corrected chi connectivity index (χ0v) is 14.9. The molecule has 0 saturated carbocycles. The summed E-state index contributed by atoms with van der Waals surface area (Å²) in [4.78, 5) is 14.3. The van der Waals surface area contributed by atoms with Gasteiger partial charge in [0.25, 0.3) is 0 Å². The summed E-state index contributed by atoms with van der Waals surface area (Å²) in [5.74, 6) is 1.53. The minimum atomic E-state index is 0.664. The van der Waals surface area contributed by atoms with Crippen LogP contribution in [-0.4, -0.2) is 53.6 Å². The lowest BCUT2D eigenvalue weighted by atomic mass is 10.1. The van der Waals surface area contributed by atoms with Gasteiger partial charge < -0.3 is 20.5 Å². The van der Waals surface area contributed by atoms with Crippen molar-refractivity contribution in [2.45, 2.75) is 12.8 Å². The molecule has 0 saturated heterocycles. The highest BCUT2D eigenvalue weighted by atomic mass is 15.1. The molecule has 3 N–H and O–H groups in total. The quantitative estimate of drug-likeness (QED) is 0.523. The maximum atomic E-state index is 4.52. The van der Waals surface area contributed by atoms with E-state index in [1.807, 2.05) is 12.1 Å². The summed E-state index contributed by atoms with van der Waals surface area (Å²) in [7, 11) is 4.17. The van der Waals surface area contributed by atoms with E-state index in [0.717, 1.165) is 38.3 Å². The van der Waals surface area contributed by atoms with Crippen molar-refractivity contribution >= 4 is 22.7 Å². The number of fused-ring (bicyclic) bond motifs is 1. The van der Waals surface area contributed by atoms with Crippen LogP contribution in [-0.2, 0) is 6.42 Å². The zero-order valence-electron chi connectivity index (χ0n) is 14.9. The molecule has 0 bridgehead atoms. The number of rotatable bonds is 9. The number of anilines is 2. The lowest BCUT2D eigenvalue weighted by molar-refractivity contribution is 0.405. The number of aromatic nitrogens is 3. The van der Waals surface area contributed by atoms with Crippen LogP contribution >= 0.6 is 0 Å². The molecule has 0 aliphatic carbocycles. The maximum Gasteiger partial charge on any atom is 0.224 e. The zero-order chi connectivity index (χ0) is 17.5. The molecule has 132 valence electrons. The van der Waals surface area contributed by atoms with Gasteiger partial charge in [-0.2, -0.15) is 4.98 Å². The Morgan fingerprint density at radius 2 is 1.96 bits per heavy atom. The minimum absolute atomic E-state index is 0.664. The van der Waals surface area contributed by atoms with Crippen molar-refractivity contribution < 1.29 is 0 Å². The van der Waals surface area contributed by atoms with Gasteiger partial charge in [-0.25, -0.2) is 4.98 Å². The summed E-state index contributed by atoms with van der Waals surface area (Å²) in [6, 6.07) is 10.3. The Bertz CT molecular complexity index is 795. The van der Waals surface area contributed by atoms with E-state index in [2.05, 4.69) is 69.0 Å². The van der Waals surface area contributed by atoms with Gasteiger partial charge in [0.1, 0.15) is 5.82 Å². The molecule has 25 heavy (non-hydrogen) atoms. The molecule has 0 radical (unpaired) electrons. The van der Waals surface area contributed by atoms with E-state index in [4.69, 9.17) is 0 Å². The molecule has 3 aromatic rings. The molecule has 0 aliphatic heterocycles. The van der Waals surface area contributed by atoms with E-state index >= 15 is 0 Å². The van der Waals surface area contributed by atoms with Crippen LogP contribution in [0, 0.1) is 0 Å². The van der Waals surface area contributed by atoms with Crippen molar-refractivity contribution in [3.63, 3.8) is 0 Å². The Balaban J connectivity index is 1.49. The molecule has 2 heterocycles. The number of nitrogens with one attached hydrogen (secondary N) is 3. The van der Waals surface area contributed by atoms with Crippen LogP contribution < -0.4 is 10.6 Å². The summed E-state index contributed by atoms with van der Waals surface area (Å²) >= 11 is 0. The Kier molecular flexibility index (Phi) is 5.85. The third-order valence-electron chi connectivity index (χ3n) is 4.10. The molecular formula is C19H26N6. The molecule has 6 nitrogen and oxygen atoms in total. The first-order chi connectivity index (χ1) is 12.2. The number of nitrogens with zero attached hydrogens (tertiary/aromatic N) is 3. The van der Waals surface area contributed by atoms with Crippen LogP contribution in [0.2, 0.25) is 0 Å².